The molecule has 3 aromatic rings. The topological polar surface area (TPSA) is 59.4 Å². The fourth-order valence-electron chi connectivity index (χ4n) is 4.61. The van der Waals surface area contributed by atoms with Crippen molar-refractivity contribution in [1.29, 1.82) is 0 Å². The van der Waals surface area contributed by atoms with Crippen LogP contribution in [0.4, 0.5) is 11.4 Å². The maximum atomic E-state index is 12.6. The predicted octanol–water partition coefficient (Wildman–Crippen LogP) is 5.10. The van der Waals surface area contributed by atoms with Gasteiger partial charge >= 0.3 is 0 Å². The van der Waals surface area contributed by atoms with E-state index in [1.807, 2.05) is 41.2 Å². The number of benzene rings is 2. The van der Waals surface area contributed by atoms with E-state index in [1.54, 1.807) is 0 Å². The molecule has 1 aromatic heterocycles. The predicted molar refractivity (Wildman–Crippen MR) is 127 cm³/mol. The molecule has 5 rings (SSSR count). The van der Waals surface area contributed by atoms with Crippen molar-refractivity contribution in [3.8, 4) is 11.1 Å². The maximum Gasteiger partial charge on any atom is 0.227 e. The highest BCUT2D eigenvalue weighted by atomic mass is 16.5. The number of rotatable bonds is 5. The highest BCUT2D eigenvalue weighted by Crippen LogP contribution is 2.29. The van der Waals surface area contributed by atoms with E-state index in [-0.39, 0.29) is 18.1 Å². The van der Waals surface area contributed by atoms with Gasteiger partial charge < -0.3 is 15.0 Å². The van der Waals surface area contributed by atoms with Gasteiger partial charge in [0.15, 0.2) is 0 Å². The zero-order valence-corrected chi connectivity index (χ0v) is 18.3. The fourth-order valence-corrected chi connectivity index (χ4v) is 4.61. The fraction of sp³-hybridized carbons (Fsp3) is 0.385. The van der Waals surface area contributed by atoms with Crippen molar-refractivity contribution < 1.29 is 9.53 Å². The number of hydrogen-bond donors (Lipinski definition) is 1. The molecule has 3 heterocycles. The van der Waals surface area contributed by atoms with Crippen LogP contribution in [-0.4, -0.2) is 35.4 Å². The van der Waals surface area contributed by atoms with E-state index in [9.17, 15) is 4.79 Å². The number of carbonyl (C=O) groups excluding carboxylic acids is 1. The lowest BCUT2D eigenvalue weighted by Crippen LogP contribution is -2.38. The van der Waals surface area contributed by atoms with Crippen LogP contribution in [0.15, 0.2) is 67.0 Å². The molecule has 6 nitrogen and oxygen atoms in total. The molecule has 2 fully saturated rings. The first kappa shape index (κ1) is 20.8. The van der Waals surface area contributed by atoms with Gasteiger partial charge in [0.2, 0.25) is 5.91 Å². The maximum absolute atomic E-state index is 12.6. The van der Waals surface area contributed by atoms with Gasteiger partial charge in [-0.05, 0) is 61.9 Å². The zero-order valence-electron chi connectivity index (χ0n) is 18.3. The Morgan fingerprint density at radius 1 is 0.938 bits per heavy atom. The number of amides is 1. The van der Waals surface area contributed by atoms with Gasteiger partial charge in [0.1, 0.15) is 6.23 Å². The molecule has 166 valence electrons. The highest BCUT2D eigenvalue weighted by molar-refractivity contribution is 5.92. The number of aromatic nitrogens is 2. The molecule has 2 saturated heterocycles. The third-order valence-corrected chi connectivity index (χ3v) is 6.53. The summed E-state index contributed by atoms with van der Waals surface area (Å²) in [5.74, 6) is 0.198. The van der Waals surface area contributed by atoms with Crippen molar-refractivity contribution in [3.05, 3.63) is 67.0 Å². The van der Waals surface area contributed by atoms with E-state index >= 15 is 0 Å². The number of para-hydroxylation sites is 1. The summed E-state index contributed by atoms with van der Waals surface area (Å²) in [5.41, 5.74) is 4.35. The summed E-state index contributed by atoms with van der Waals surface area (Å²) in [6.07, 6.45) is 9.17. The molecule has 1 unspecified atom stereocenters. The summed E-state index contributed by atoms with van der Waals surface area (Å²) in [7, 11) is 0. The summed E-state index contributed by atoms with van der Waals surface area (Å²) in [4.78, 5) is 15.0. The lowest BCUT2D eigenvalue weighted by molar-refractivity contribution is -0.120. The largest absolute Gasteiger partial charge is 0.371 e. The number of nitrogens with zero attached hydrogens (tertiary/aromatic N) is 3. The van der Waals surface area contributed by atoms with E-state index < -0.39 is 0 Å². The minimum Gasteiger partial charge on any atom is -0.371 e. The molecule has 0 spiro atoms. The standard InChI is InChI=1S/C26H30N4O2/c31-26(28-23-6-2-1-3-7-23)21-13-15-29(16-14-21)24-11-9-20(10-12-24)22-18-27-30(19-22)25-8-4-5-17-32-25/h1-3,6-7,9-12,18-19,21,25H,4-5,8,13-17H2,(H,28,31). The monoisotopic (exact) mass is 430 g/mol. The van der Waals surface area contributed by atoms with Crippen LogP contribution in [0.1, 0.15) is 38.3 Å². The molecule has 0 aliphatic carbocycles. The van der Waals surface area contributed by atoms with Gasteiger partial charge in [0, 0.05) is 48.7 Å². The van der Waals surface area contributed by atoms with Crippen molar-refractivity contribution >= 4 is 17.3 Å². The number of piperidine rings is 1. The molecule has 2 aromatic carbocycles. The molecular formula is C26H30N4O2. The van der Waals surface area contributed by atoms with Crippen molar-refractivity contribution in [2.24, 2.45) is 5.92 Å². The minimum atomic E-state index is 0.0668. The Morgan fingerprint density at radius 3 is 2.44 bits per heavy atom. The van der Waals surface area contributed by atoms with E-state index in [0.29, 0.717) is 0 Å². The summed E-state index contributed by atoms with van der Waals surface area (Å²) < 4.78 is 7.79. The van der Waals surface area contributed by atoms with Gasteiger partial charge in [-0.15, -0.1) is 0 Å². The van der Waals surface area contributed by atoms with Crippen molar-refractivity contribution in [1.82, 2.24) is 9.78 Å². The molecule has 2 aliphatic rings. The Kier molecular flexibility index (Phi) is 6.21. The number of anilines is 2. The second-order valence-electron chi connectivity index (χ2n) is 8.69. The molecule has 0 radical (unpaired) electrons. The van der Waals surface area contributed by atoms with Crippen LogP contribution in [0.5, 0.6) is 0 Å². The third kappa shape index (κ3) is 4.70. The third-order valence-electron chi connectivity index (χ3n) is 6.53. The van der Waals surface area contributed by atoms with E-state index in [2.05, 4.69) is 45.8 Å². The molecule has 32 heavy (non-hydrogen) atoms. The highest BCUT2D eigenvalue weighted by Gasteiger charge is 2.25. The van der Waals surface area contributed by atoms with Gasteiger partial charge in [-0.1, -0.05) is 30.3 Å². The zero-order chi connectivity index (χ0) is 21.8. The van der Waals surface area contributed by atoms with Gasteiger partial charge in [-0.3, -0.25) is 4.79 Å². The molecule has 0 bridgehead atoms. The molecule has 1 N–H and O–H groups in total. The lowest BCUT2D eigenvalue weighted by atomic mass is 9.95. The average Bonchev–Trinajstić information content (AvgIpc) is 3.36. The van der Waals surface area contributed by atoms with Crippen LogP contribution < -0.4 is 10.2 Å². The first-order chi connectivity index (χ1) is 15.8. The Labute approximate surface area is 189 Å². The average molecular weight is 431 g/mol. The molecule has 1 atom stereocenters. The molecular weight excluding hydrogens is 400 g/mol. The summed E-state index contributed by atoms with van der Waals surface area (Å²) in [6.45, 7) is 2.60. The summed E-state index contributed by atoms with van der Waals surface area (Å²) >= 11 is 0. The Balaban J connectivity index is 1.17. The Hall–Kier alpha value is -3.12. The SMILES string of the molecule is O=C(Nc1ccccc1)C1CCN(c2ccc(-c3cnn(C4CCCCO4)c3)cc2)CC1. The molecule has 6 heteroatoms. The smallest absolute Gasteiger partial charge is 0.227 e. The van der Waals surface area contributed by atoms with Gasteiger partial charge in [-0.2, -0.15) is 5.10 Å². The van der Waals surface area contributed by atoms with Gasteiger partial charge in [-0.25, -0.2) is 4.68 Å². The quantitative estimate of drug-likeness (QED) is 0.611. The van der Waals surface area contributed by atoms with E-state index in [1.165, 1.54) is 12.1 Å². The van der Waals surface area contributed by atoms with Crippen LogP contribution >= 0.6 is 0 Å². The summed E-state index contributed by atoms with van der Waals surface area (Å²) in [5, 5.41) is 7.57. The number of ether oxygens (including phenoxy) is 1. The minimum absolute atomic E-state index is 0.0668. The molecule has 1 amide bonds. The van der Waals surface area contributed by atoms with Crippen molar-refractivity contribution in [3.63, 3.8) is 0 Å². The first-order valence-corrected chi connectivity index (χ1v) is 11.6. The number of carbonyl (C=O) groups is 1. The first-order valence-electron chi connectivity index (χ1n) is 11.6. The normalized spacial score (nSPS) is 19.6. The van der Waals surface area contributed by atoms with Crippen molar-refractivity contribution in [2.45, 2.75) is 38.3 Å². The van der Waals surface area contributed by atoms with Gasteiger partial charge in [0.25, 0.3) is 0 Å². The van der Waals surface area contributed by atoms with Crippen LogP contribution in [0, 0.1) is 5.92 Å². The Morgan fingerprint density at radius 2 is 1.72 bits per heavy atom. The Bertz CT molecular complexity index is 1020. The lowest BCUT2D eigenvalue weighted by Gasteiger charge is -2.33. The molecule has 2 aliphatic heterocycles. The van der Waals surface area contributed by atoms with E-state index in [4.69, 9.17) is 4.74 Å². The second kappa shape index (κ2) is 9.57. The summed E-state index contributed by atoms with van der Waals surface area (Å²) in [6, 6.07) is 18.4. The number of nitrogens with one attached hydrogen (secondary N) is 1. The second-order valence-corrected chi connectivity index (χ2v) is 8.69. The van der Waals surface area contributed by atoms with Crippen LogP contribution in [0.2, 0.25) is 0 Å². The van der Waals surface area contributed by atoms with Crippen LogP contribution in [0.25, 0.3) is 11.1 Å². The van der Waals surface area contributed by atoms with Crippen molar-refractivity contribution in [2.75, 3.05) is 29.9 Å². The van der Waals surface area contributed by atoms with Gasteiger partial charge in [0.05, 0.1) is 6.20 Å². The van der Waals surface area contributed by atoms with Crippen LogP contribution in [-0.2, 0) is 9.53 Å². The van der Waals surface area contributed by atoms with Crippen LogP contribution in [0.3, 0.4) is 0 Å². The van der Waals surface area contributed by atoms with E-state index in [0.717, 1.165) is 62.2 Å². The number of hydrogen-bond acceptors (Lipinski definition) is 4. The molecule has 0 saturated carbocycles.